The Bertz CT molecular complexity index is 949. The predicted molar refractivity (Wildman–Crippen MR) is 92.5 cm³/mol. The van der Waals surface area contributed by atoms with E-state index < -0.39 is 39.1 Å². The Hall–Kier alpha value is -2.52. The summed E-state index contributed by atoms with van der Waals surface area (Å²) in [5.41, 5.74) is -0.171. The van der Waals surface area contributed by atoms with Gasteiger partial charge in [-0.3, -0.25) is 13.9 Å². The molecule has 0 spiro atoms. The molecule has 2 aromatic carbocycles. The van der Waals surface area contributed by atoms with Crippen molar-refractivity contribution >= 4 is 44.1 Å². The fraction of sp³-hybridized carbons (Fsp3) is 0.125. The summed E-state index contributed by atoms with van der Waals surface area (Å²) < 4.78 is 53.2. The maximum atomic E-state index is 14.1. The van der Waals surface area contributed by atoms with Crippen molar-refractivity contribution in [3.63, 3.8) is 0 Å². The first-order chi connectivity index (χ1) is 12.1. The third-order valence-electron chi connectivity index (χ3n) is 3.21. The molecule has 0 aliphatic heterocycles. The van der Waals surface area contributed by atoms with E-state index in [1.165, 1.54) is 31.2 Å². The smallest absolute Gasteiger partial charge is 0.264 e. The Morgan fingerprint density at radius 1 is 1.12 bits per heavy atom. The molecule has 0 saturated heterocycles. The van der Waals surface area contributed by atoms with Gasteiger partial charge in [0.25, 0.3) is 10.0 Å². The highest BCUT2D eigenvalue weighted by Crippen LogP contribution is 2.27. The van der Waals surface area contributed by atoms with E-state index in [0.717, 1.165) is 12.1 Å². The van der Waals surface area contributed by atoms with Crippen LogP contribution in [0.2, 0.25) is 0 Å². The number of nitrogens with zero attached hydrogens (tertiary/aromatic N) is 1. The van der Waals surface area contributed by atoms with Crippen molar-refractivity contribution in [2.45, 2.75) is 11.8 Å². The number of nitrogens with one attached hydrogen (secondary N) is 1. The van der Waals surface area contributed by atoms with Crippen LogP contribution in [0.1, 0.15) is 6.92 Å². The van der Waals surface area contributed by atoms with Gasteiger partial charge in [-0.15, -0.1) is 0 Å². The second-order valence-electron chi connectivity index (χ2n) is 5.17. The van der Waals surface area contributed by atoms with Crippen LogP contribution >= 0.6 is 11.6 Å². The van der Waals surface area contributed by atoms with Gasteiger partial charge in [-0.25, -0.2) is 17.2 Å². The van der Waals surface area contributed by atoms with Gasteiger partial charge in [-0.05, 0) is 48.0 Å². The van der Waals surface area contributed by atoms with Gasteiger partial charge >= 0.3 is 0 Å². The first-order valence-corrected chi connectivity index (χ1v) is 8.97. The lowest BCUT2D eigenvalue weighted by molar-refractivity contribution is -0.114. The molecular weight excluding hydrogens is 390 g/mol. The number of carbonyl (C=O) groups is 2. The van der Waals surface area contributed by atoms with E-state index in [0.29, 0.717) is 16.1 Å². The lowest BCUT2D eigenvalue weighted by Gasteiger charge is -2.23. The number of carbonyl (C=O) groups excluding carboxylic acids is 2. The Labute approximate surface area is 153 Å². The first kappa shape index (κ1) is 19.8. The summed E-state index contributed by atoms with van der Waals surface area (Å²) in [5, 5.41) is 1.42. The molecule has 6 nitrogen and oxygen atoms in total. The van der Waals surface area contributed by atoms with Crippen molar-refractivity contribution in [3.05, 3.63) is 54.1 Å². The SMILES string of the molecule is CC(=O)Nc1ccc(S(=O)(=O)N(CC(=O)Cl)c2ccc(F)cc2F)cc1. The van der Waals surface area contributed by atoms with E-state index in [4.69, 9.17) is 11.6 Å². The molecule has 2 aromatic rings. The highest BCUT2D eigenvalue weighted by molar-refractivity contribution is 7.92. The summed E-state index contributed by atoms with van der Waals surface area (Å²) in [6.07, 6.45) is 0. The molecule has 0 atom stereocenters. The van der Waals surface area contributed by atoms with E-state index in [1.807, 2.05) is 0 Å². The summed E-state index contributed by atoms with van der Waals surface area (Å²) in [5.74, 6) is -2.41. The number of hydrogen-bond acceptors (Lipinski definition) is 4. The standard InChI is InChI=1S/C16H13ClF2N2O4S/c1-10(22)20-12-3-5-13(6-4-12)26(24,25)21(9-16(17)23)15-7-2-11(18)8-14(15)19/h2-8H,9H2,1H3,(H,20,22). The molecule has 2 rings (SSSR count). The van der Waals surface area contributed by atoms with Gasteiger partial charge in [-0.1, -0.05) is 0 Å². The molecule has 0 unspecified atom stereocenters. The molecule has 0 aliphatic rings. The molecular formula is C16H13ClF2N2O4S. The van der Waals surface area contributed by atoms with Crippen LogP contribution in [0.4, 0.5) is 20.2 Å². The van der Waals surface area contributed by atoms with Crippen LogP contribution in [0, 0.1) is 11.6 Å². The van der Waals surface area contributed by atoms with E-state index in [-0.39, 0.29) is 10.8 Å². The van der Waals surface area contributed by atoms with Crippen molar-refractivity contribution in [2.75, 3.05) is 16.2 Å². The Morgan fingerprint density at radius 2 is 1.73 bits per heavy atom. The molecule has 0 radical (unpaired) electrons. The van der Waals surface area contributed by atoms with E-state index in [9.17, 15) is 26.8 Å². The van der Waals surface area contributed by atoms with Gasteiger partial charge in [0.05, 0.1) is 10.6 Å². The number of hydrogen-bond donors (Lipinski definition) is 1. The van der Waals surface area contributed by atoms with E-state index in [2.05, 4.69) is 5.32 Å². The minimum absolute atomic E-state index is 0.270. The Kier molecular flexibility index (Phi) is 5.94. The summed E-state index contributed by atoms with van der Waals surface area (Å²) in [6.45, 7) is 0.440. The van der Waals surface area contributed by atoms with Crippen LogP contribution in [0.15, 0.2) is 47.4 Å². The van der Waals surface area contributed by atoms with E-state index >= 15 is 0 Å². The summed E-state index contributed by atoms with van der Waals surface area (Å²) in [7, 11) is -4.38. The monoisotopic (exact) mass is 402 g/mol. The summed E-state index contributed by atoms with van der Waals surface area (Å²) >= 11 is 5.29. The van der Waals surface area contributed by atoms with Crippen molar-refractivity contribution in [3.8, 4) is 0 Å². The number of benzene rings is 2. The molecule has 0 fully saturated rings. The molecule has 0 aromatic heterocycles. The normalized spacial score (nSPS) is 11.1. The molecule has 1 amide bonds. The highest BCUT2D eigenvalue weighted by Gasteiger charge is 2.29. The van der Waals surface area contributed by atoms with Crippen LogP contribution < -0.4 is 9.62 Å². The number of halogens is 3. The molecule has 1 N–H and O–H groups in total. The first-order valence-electron chi connectivity index (χ1n) is 7.15. The minimum atomic E-state index is -4.38. The van der Waals surface area contributed by atoms with Gasteiger partial charge in [-0.2, -0.15) is 0 Å². The molecule has 10 heteroatoms. The van der Waals surface area contributed by atoms with Gasteiger partial charge in [0.1, 0.15) is 18.2 Å². The molecule has 0 aliphatic carbocycles. The fourth-order valence-corrected chi connectivity index (χ4v) is 3.76. The number of rotatable bonds is 6. The van der Waals surface area contributed by atoms with Gasteiger partial charge < -0.3 is 5.32 Å². The van der Waals surface area contributed by atoms with Crippen LogP contribution in [0.3, 0.4) is 0 Å². The maximum Gasteiger partial charge on any atom is 0.264 e. The average Bonchev–Trinajstić information content (AvgIpc) is 2.53. The van der Waals surface area contributed by atoms with Crippen LogP contribution in [-0.2, 0) is 19.6 Å². The largest absolute Gasteiger partial charge is 0.326 e. The second kappa shape index (κ2) is 7.79. The Morgan fingerprint density at radius 3 is 2.23 bits per heavy atom. The number of anilines is 2. The Balaban J connectivity index is 2.49. The van der Waals surface area contributed by atoms with E-state index in [1.54, 1.807) is 0 Å². The highest BCUT2D eigenvalue weighted by atomic mass is 35.5. The molecule has 0 heterocycles. The topological polar surface area (TPSA) is 83.6 Å². The van der Waals surface area contributed by atoms with Gasteiger partial charge in [0, 0.05) is 18.7 Å². The third-order valence-corrected chi connectivity index (χ3v) is 5.10. The number of amides is 1. The van der Waals surface area contributed by atoms with Crippen LogP contribution in [0.25, 0.3) is 0 Å². The molecule has 0 bridgehead atoms. The molecule has 138 valence electrons. The predicted octanol–water partition coefficient (Wildman–Crippen LogP) is 2.88. The van der Waals surface area contributed by atoms with Crippen molar-refractivity contribution in [1.29, 1.82) is 0 Å². The zero-order chi connectivity index (χ0) is 19.5. The quantitative estimate of drug-likeness (QED) is 0.753. The van der Waals surface area contributed by atoms with Crippen LogP contribution in [-0.4, -0.2) is 26.1 Å². The van der Waals surface area contributed by atoms with Crippen molar-refractivity contribution < 1.29 is 26.8 Å². The summed E-state index contributed by atoms with van der Waals surface area (Å²) in [6, 6.07) is 7.26. The average molecular weight is 403 g/mol. The second-order valence-corrected chi connectivity index (χ2v) is 7.45. The number of sulfonamides is 1. The zero-order valence-electron chi connectivity index (χ0n) is 13.4. The fourth-order valence-electron chi connectivity index (χ4n) is 2.14. The molecule has 26 heavy (non-hydrogen) atoms. The third kappa shape index (κ3) is 4.55. The lowest BCUT2D eigenvalue weighted by atomic mass is 10.3. The van der Waals surface area contributed by atoms with Crippen molar-refractivity contribution in [2.24, 2.45) is 0 Å². The van der Waals surface area contributed by atoms with Gasteiger partial charge in [0.15, 0.2) is 0 Å². The van der Waals surface area contributed by atoms with Crippen molar-refractivity contribution in [1.82, 2.24) is 0 Å². The zero-order valence-corrected chi connectivity index (χ0v) is 14.9. The maximum absolute atomic E-state index is 14.1. The van der Waals surface area contributed by atoms with Gasteiger partial charge in [0.2, 0.25) is 11.1 Å². The van der Waals surface area contributed by atoms with Crippen LogP contribution in [0.5, 0.6) is 0 Å². The summed E-state index contributed by atoms with van der Waals surface area (Å²) in [4.78, 5) is 22.0. The lowest BCUT2D eigenvalue weighted by Crippen LogP contribution is -2.35. The minimum Gasteiger partial charge on any atom is -0.326 e. The molecule has 0 saturated carbocycles.